The molecule has 7 heteroatoms. The molecule has 0 saturated carbocycles. The summed E-state index contributed by atoms with van der Waals surface area (Å²) < 4.78 is 19.8. The van der Waals surface area contributed by atoms with E-state index in [4.69, 9.17) is 21.7 Å². The van der Waals surface area contributed by atoms with Gasteiger partial charge < -0.3 is 9.84 Å². The number of benzene rings is 3. The Balaban J connectivity index is 1.65. The normalized spacial score (nSPS) is 15.9. The number of aromatic nitrogens is 2. The Hall–Kier alpha value is -3.84. The third-order valence-corrected chi connectivity index (χ3v) is 6.59. The average Bonchev–Trinajstić information content (AvgIpc) is 3.36. The summed E-state index contributed by atoms with van der Waals surface area (Å²) in [5.74, 6) is 0.660. The Kier molecular flexibility index (Phi) is 6.17. The second kappa shape index (κ2) is 9.43. The first kappa shape index (κ1) is 22.9. The molecule has 5 rings (SSSR count). The van der Waals surface area contributed by atoms with Gasteiger partial charge in [0.05, 0.1) is 11.6 Å². The second-order valence-corrected chi connectivity index (χ2v) is 8.92. The molecule has 0 spiro atoms. The van der Waals surface area contributed by atoms with Gasteiger partial charge >= 0.3 is 0 Å². The van der Waals surface area contributed by atoms with E-state index in [0.717, 1.165) is 34.5 Å². The van der Waals surface area contributed by atoms with Crippen LogP contribution >= 0.6 is 12.2 Å². The highest BCUT2D eigenvalue weighted by Crippen LogP contribution is 2.39. The maximum absolute atomic E-state index is 14.0. The fourth-order valence-electron chi connectivity index (χ4n) is 4.33. The van der Waals surface area contributed by atoms with Crippen LogP contribution in [-0.2, 0) is 6.42 Å². The molecule has 0 radical (unpaired) electrons. The van der Waals surface area contributed by atoms with Gasteiger partial charge in [0.1, 0.15) is 5.82 Å². The van der Waals surface area contributed by atoms with E-state index in [2.05, 4.69) is 41.7 Å². The molecule has 3 aromatic carbocycles. The highest BCUT2D eigenvalue weighted by Gasteiger charge is 2.35. The van der Waals surface area contributed by atoms with Crippen molar-refractivity contribution in [2.24, 2.45) is 0 Å². The summed E-state index contributed by atoms with van der Waals surface area (Å²) in [6, 6.07) is 22.8. The summed E-state index contributed by atoms with van der Waals surface area (Å²) in [6.07, 6.45) is 0.959. The van der Waals surface area contributed by atoms with Crippen LogP contribution in [0.15, 0.2) is 83.0 Å². The molecular formula is C28H25FN4OS. The second-order valence-electron chi connectivity index (χ2n) is 8.53. The van der Waals surface area contributed by atoms with Crippen molar-refractivity contribution in [2.45, 2.75) is 33.2 Å². The topological polar surface area (TPSA) is 54.2 Å². The van der Waals surface area contributed by atoms with Crippen LogP contribution in [0.4, 0.5) is 10.1 Å². The number of thiocarbonyl (C=S) groups is 1. The molecule has 176 valence electrons. The van der Waals surface area contributed by atoms with Crippen molar-refractivity contribution in [1.29, 1.82) is 0 Å². The summed E-state index contributed by atoms with van der Waals surface area (Å²) in [4.78, 5) is 6.63. The Morgan fingerprint density at radius 3 is 2.46 bits per heavy atom. The maximum Gasteiger partial charge on any atom is 0.258 e. The van der Waals surface area contributed by atoms with E-state index in [1.807, 2.05) is 42.2 Å². The molecule has 0 amide bonds. The van der Waals surface area contributed by atoms with E-state index in [1.165, 1.54) is 11.6 Å². The summed E-state index contributed by atoms with van der Waals surface area (Å²) in [5.41, 5.74) is 6.12. The number of halogens is 1. The molecule has 5 nitrogen and oxygen atoms in total. The standard InChI is InChI=1S/C28H25FN4OS/c1-4-19-10-12-20(13-11-19)25-24(27-31-26(32-34-27)21-8-6-5-7-9-21)18(3)33(28(35)30-25)22-14-15-23(29)17(2)16-22/h5-16,25H,4H2,1-3H3,(H,30,35). The smallest absolute Gasteiger partial charge is 0.258 e. The average molecular weight is 485 g/mol. The first-order chi connectivity index (χ1) is 17.0. The van der Waals surface area contributed by atoms with Crippen molar-refractivity contribution >= 4 is 28.6 Å². The van der Waals surface area contributed by atoms with Crippen LogP contribution in [-0.4, -0.2) is 15.3 Å². The van der Waals surface area contributed by atoms with Crippen LogP contribution in [0.1, 0.15) is 42.5 Å². The largest absolute Gasteiger partial charge is 0.351 e. The van der Waals surface area contributed by atoms with Gasteiger partial charge in [-0.2, -0.15) is 4.98 Å². The lowest BCUT2D eigenvalue weighted by Gasteiger charge is -2.37. The molecule has 1 N–H and O–H groups in total. The highest BCUT2D eigenvalue weighted by atomic mass is 32.1. The fraction of sp³-hybridized carbons (Fsp3) is 0.179. The predicted octanol–water partition coefficient (Wildman–Crippen LogP) is 6.61. The van der Waals surface area contributed by atoms with Crippen LogP contribution in [0.25, 0.3) is 17.0 Å². The summed E-state index contributed by atoms with van der Waals surface area (Å²) in [6.45, 7) is 5.84. The summed E-state index contributed by atoms with van der Waals surface area (Å²) in [5, 5.41) is 8.22. The third-order valence-electron chi connectivity index (χ3n) is 6.29. The first-order valence-electron chi connectivity index (χ1n) is 11.5. The van der Waals surface area contributed by atoms with Gasteiger partial charge in [0.15, 0.2) is 5.11 Å². The van der Waals surface area contributed by atoms with Gasteiger partial charge in [-0.3, -0.25) is 4.90 Å². The van der Waals surface area contributed by atoms with Crippen molar-refractivity contribution in [3.8, 4) is 11.4 Å². The van der Waals surface area contributed by atoms with Crippen LogP contribution in [0, 0.1) is 12.7 Å². The van der Waals surface area contributed by atoms with E-state index < -0.39 is 0 Å². The minimum absolute atomic E-state index is 0.259. The molecule has 1 unspecified atom stereocenters. The monoisotopic (exact) mass is 484 g/mol. The van der Waals surface area contributed by atoms with Gasteiger partial charge in [0, 0.05) is 16.9 Å². The quantitative estimate of drug-likeness (QED) is 0.322. The Morgan fingerprint density at radius 2 is 1.77 bits per heavy atom. The Labute approximate surface area is 209 Å². The molecule has 4 aromatic rings. The van der Waals surface area contributed by atoms with Crippen molar-refractivity contribution in [3.63, 3.8) is 0 Å². The molecule has 1 atom stereocenters. The molecule has 1 aliphatic rings. The van der Waals surface area contributed by atoms with Gasteiger partial charge in [0.25, 0.3) is 5.89 Å². The highest BCUT2D eigenvalue weighted by molar-refractivity contribution is 7.80. The predicted molar refractivity (Wildman–Crippen MR) is 140 cm³/mol. The molecule has 0 fully saturated rings. The van der Waals surface area contributed by atoms with Crippen molar-refractivity contribution in [3.05, 3.63) is 107 Å². The summed E-state index contributed by atoms with van der Waals surface area (Å²) in [7, 11) is 0. The number of hydrogen-bond acceptors (Lipinski definition) is 4. The van der Waals surface area contributed by atoms with E-state index in [9.17, 15) is 4.39 Å². The first-order valence-corrected chi connectivity index (χ1v) is 11.9. The molecule has 1 aliphatic heterocycles. The molecule has 0 saturated heterocycles. The molecule has 2 heterocycles. The summed E-state index contributed by atoms with van der Waals surface area (Å²) >= 11 is 5.79. The molecular weight excluding hydrogens is 459 g/mol. The van der Waals surface area contributed by atoms with Gasteiger partial charge in [0.2, 0.25) is 5.82 Å². The SMILES string of the molecule is CCc1ccc(C2NC(=S)N(c3ccc(F)c(C)c3)C(C)=C2c2nc(-c3ccccc3)no2)cc1. The number of rotatable bonds is 5. The zero-order valence-electron chi connectivity index (χ0n) is 19.7. The molecule has 1 aromatic heterocycles. The zero-order valence-corrected chi connectivity index (χ0v) is 20.6. The number of aryl methyl sites for hydroxylation is 2. The number of anilines is 1. The fourth-order valence-corrected chi connectivity index (χ4v) is 4.69. The molecule has 0 aliphatic carbocycles. The number of nitrogens with one attached hydrogen (secondary N) is 1. The minimum atomic E-state index is -0.282. The van der Waals surface area contributed by atoms with E-state index in [1.54, 1.807) is 19.1 Å². The lowest BCUT2D eigenvalue weighted by atomic mass is 9.93. The van der Waals surface area contributed by atoms with Crippen LogP contribution < -0.4 is 10.2 Å². The van der Waals surface area contributed by atoms with E-state index >= 15 is 0 Å². The number of nitrogens with zero attached hydrogens (tertiary/aromatic N) is 3. The van der Waals surface area contributed by atoms with E-state index in [0.29, 0.717) is 22.4 Å². The zero-order chi connectivity index (χ0) is 24.5. The van der Waals surface area contributed by atoms with Crippen LogP contribution in [0.3, 0.4) is 0 Å². The van der Waals surface area contributed by atoms with Gasteiger partial charge in [-0.05, 0) is 67.4 Å². The van der Waals surface area contributed by atoms with Crippen LogP contribution in [0.2, 0.25) is 0 Å². The lowest BCUT2D eigenvalue weighted by molar-refractivity contribution is 0.404. The van der Waals surface area contributed by atoms with E-state index in [-0.39, 0.29) is 11.9 Å². The van der Waals surface area contributed by atoms with Gasteiger partial charge in [-0.1, -0.05) is 66.7 Å². The van der Waals surface area contributed by atoms with Gasteiger partial charge in [-0.25, -0.2) is 4.39 Å². The van der Waals surface area contributed by atoms with Gasteiger partial charge in [-0.15, -0.1) is 0 Å². The van der Waals surface area contributed by atoms with Crippen molar-refractivity contribution in [1.82, 2.24) is 15.5 Å². The Bertz CT molecular complexity index is 1410. The Morgan fingerprint density at radius 1 is 1.03 bits per heavy atom. The third kappa shape index (κ3) is 4.35. The number of hydrogen-bond donors (Lipinski definition) is 1. The lowest BCUT2D eigenvalue weighted by Crippen LogP contribution is -2.46. The van der Waals surface area contributed by atoms with Crippen molar-refractivity contribution in [2.75, 3.05) is 4.90 Å². The molecule has 35 heavy (non-hydrogen) atoms. The number of allylic oxidation sites excluding steroid dienone is 1. The minimum Gasteiger partial charge on any atom is -0.351 e. The maximum atomic E-state index is 14.0. The van der Waals surface area contributed by atoms with Crippen molar-refractivity contribution < 1.29 is 8.91 Å². The molecule has 0 bridgehead atoms. The van der Waals surface area contributed by atoms with Crippen LogP contribution in [0.5, 0.6) is 0 Å².